The molecule has 21 heavy (non-hydrogen) atoms. The monoisotopic (exact) mass is 280 g/mol. The molecule has 0 radical (unpaired) electrons. The molecule has 6 nitrogen and oxygen atoms in total. The van der Waals surface area contributed by atoms with Gasteiger partial charge >= 0.3 is 0 Å². The summed E-state index contributed by atoms with van der Waals surface area (Å²) in [6.07, 6.45) is 1.73. The van der Waals surface area contributed by atoms with E-state index >= 15 is 0 Å². The van der Waals surface area contributed by atoms with Crippen molar-refractivity contribution in [1.82, 2.24) is 9.47 Å². The van der Waals surface area contributed by atoms with Gasteiger partial charge in [-0.3, -0.25) is 14.5 Å². The molecule has 2 N–H and O–H groups in total. The van der Waals surface area contributed by atoms with Crippen molar-refractivity contribution in [2.24, 2.45) is 7.05 Å². The Morgan fingerprint density at radius 1 is 1.29 bits per heavy atom. The maximum Gasteiger partial charge on any atom is 0.263 e. The summed E-state index contributed by atoms with van der Waals surface area (Å²) < 4.78 is 1.65. The second-order valence-electron chi connectivity index (χ2n) is 4.92. The molecule has 0 bridgehead atoms. The lowest BCUT2D eigenvalue weighted by atomic mass is 10.1. The Bertz CT molecular complexity index is 814. The molecule has 0 atom stereocenters. The number of imide groups is 1. The van der Waals surface area contributed by atoms with Crippen molar-refractivity contribution in [2.75, 3.05) is 5.73 Å². The molecule has 0 unspecified atom stereocenters. The van der Waals surface area contributed by atoms with Gasteiger partial charge in [0.25, 0.3) is 11.8 Å². The van der Waals surface area contributed by atoms with Crippen molar-refractivity contribution < 1.29 is 9.59 Å². The number of amides is 2. The van der Waals surface area contributed by atoms with Crippen LogP contribution in [-0.4, -0.2) is 21.3 Å². The average Bonchev–Trinajstić information content (AvgIpc) is 2.93. The summed E-state index contributed by atoms with van der Waals surface area (Å²) in [6, 6.07) is 8.55. The zero-order valence-electron chi connectivity index (χ0n) is 11.3. The van der Waals surface area contributed by atoms with Gasteiger partial charge in [0, 0.05) is 18.9 Å². The Hall–Kier alpha value is -3.07. The number of nitrogen functional groups attached to an aromatic ring is 1. The maximum atomic E-state index is 12.3. The number of nitrogens with two attached hydrogens (primary N) is 1. The number of fused-ring (bicyclic) bond motifs is 1. The fourth-order valence-corrected chi connectivity index (χ4v) is 2.52. The van der Waals surface area contributed by atoms with Crippen LogP contribution in [0.15, 0.2) is 30.5 Å². The number of carbonyl (C=O) groups excluding carboxylic acids is 2. The highest BCUT2D eigenvalue weighted by atomic mass is 16.2. The Balaban J connectivity index is 1.95. The van der Waals surface area contributed by atoms with Gasteiger partial charge in [-0.2, -0.15) is 5.26 Å². The Kier molecular flexibility index (Phi) is 2.77. The molecule has 0 aliphatic carbocycles. The van der Waals surface area contributed by atoms with Crippen molar-refractivity contribution in [1.29, 1.82) is 5.26 Å². The maximum absolute atomic E-state index is 12.3. The zero-order chi connectivity index (χ0) is 15.1. The molecule has 1 aromatic heterocycles. The number of aryl methyl sites for hydroxylation is 1. The van der Waals surface area contributed by atoms with E-state index in [1.54, 1.807) is 42.1 Å². The van der Waals surface area contributed by atoms with Crippen LogP contribution in [-0.2, 0) is 13.6 Å². The lowest BCUT2D eigenvalue weighted by molar-refractivity contribution is 0.0642. The van der Waals surface area contributed by atoms with Crippen LogP contribution >= 0.6 is 0 Å². The third-order valence-corrected chi connectivity index (χ3v) is 3.55. The summed E-state index contributed by atoms with van der Waals surface area (Å²) in [5, 5.41) is 8.94. The van der Waals surface area contributed by atoms with E-state index in [4.69, 9.17) is 11.0 Å². The molecule has 0 saturated heterocycles. The number of rotatable bonds is 2. The summed E-state index contributed by atoms with van der Waals surface area (Å²) in [4.78, 5) is 25.8. The van der Waals surface area contributed by atoms with E-state index in [0.29, 0.717) is 16.9 Å². The average molecular weight is 280 g/mol. The van der Waals surface area contributed by atoms with Crippen LogP contribution in [0.5, 0.6) is 0 Å². The quantitative estimate of drug-likeness (QED) is 0.662. The predicted molar refractivity (Wildman–Crippen MR) is 75.2 cm³/mol. The van der Waals surface area contributed by atoms with Gasteiger partial charge in [-0.1, -0.05) is 6.07 Å². The summed E-state index contributed by atoms with van der Waals surface area (Å²) >= 11 is 0. The molecule has 3 rings (SSSR count). The first-order valence-electron chi connectivity index (χ1n) is 6.33. The van der Waals surface area contributed by atoms with E-state index in [1.807, 2.05) is 6.07 Å². The molecule has 1 aliphatic heterocycles. The van der Waals surface area contributed by atoms with Gasteiger partial charge in [-0.05, 0) is 23.8 Å². The summed E-state index contributed by atoms with van der Waals surface area (Å²) in [6.45, 7) is 0.126. The number of nitriles is 1. The van der Waals surface area contributed by atoms with Crippen LogP contribution in [0.3, 0.4) is 0 Å². The molecule has 6 heteroatoms. The molecule has 2 amide bonds. The molecule has 1 aliphatic rings. The Morgan fingerprint density at radius 3 is 2.67 bits per heavy atom. The number of carbonyl (C=O) groups is 2. The highest BCUT2D eigenvalue weighted by Gasteiger charge is 2.37. The first-order valence-corrected chi connectivity index (χ1v) is 6.33. The van der Waals surface area contributed by atoms with Crippen LogP contribution in [0, 0.1) is 11.3 Å². The third-order valence-electron chi connectivity index (χ3n) is 3.55. The van der Waals surface area contributed by atoms with Gasteiger partial charge < -0.3 is 10.3 Å². The van der Waals surface area contributed by atoms with Crippen molar-refractivity contribution >= 4 is 17.5 Å². The first-order chi connectivity index (χ1) is 10.0. The van der Waals surface area contributed by atoms with Gasteiger partial charge in [-0.25, -0.2) is 0 Å². The van der Waals surface area contributed by atoms with E-state index in [1.165, 1.54) is 0 Å². The van der Waals surface area contributed by atoms with Crippen LogP contribution in [0.1, 0.15) is 32.0 Å². The summed E-state index contributed by atoms with van der Waals surface area (Å²) in [5.41, 5.74) is 7.88. The van der Waals surface area contributed by atoms with Crippen LogP contribution < -0.4 is 5.73 Å². The molecule has 0 spiro atoms. The second-order valence-corrected chi connectivity index (χ2v) is 4.92. The van der Waals surface area contributed by atoms with Gasteiger partial charge in [0.1, 0.15) is 11.8 Å². The molecular weight excluding hydrogens is 268 g/mol. The van der Waals surface area contributed by atoms with Gasteiger partial charge in [0.2, 0.25) is 0 Å². The van der Waals surface area contributed by atoms with Crippen molar-refractivity contribution in [3.63, 3.8) is 0 Å². The number of hydrogen-bond acceptors (Lipinski definition) is 4. The lowest BCUT2D eigenvalue weighted by Gasteiger charge is -2.12. The summed E-state index contributed by atoms with van der Waals surface area (Å²) in [5.74, 6) is -0.750. The number of hydrogen-bond donors (Lipinski definition) is 1. The van der Waals surface area contributed by atoms with E-state index < -0.39 is 5.91 Å². The van der Waals surface area contributed by atoms with Crippen LogP contribution in [0.25, 0.3) is 0 Å². The number of nitrogens with zero attached hydrogens (tertiary/aromatic N) is 3. The Labute approximate surface area is 121 Å². The minimum absolute atomic E-state index is 0.126. The van der Waals surface area contributed by atoms with Crippen molar-refractivity contribution in [3.8, 4) is 6.07 Å². The Morgan fingerprint density at radius 2 is 2.05 bits per heavy atom. The lowest BCUT2D eigenvalue weighted by Crippen LogP contribution is -2.29. The summed E-state index contributed by atoms with van der Waals surface area (Å²) in [7, 11) is 1.74. The zero-order valence-corrected chi connectivity index (χ0v) is 11.3. The SMILES string of the molecule is Cn1cc(CN2C(=O)c3cccc(N)c3C2=O)cc1C#N. The fraction of sp³-hybridized carbons (Fsp3) is 0.133. The number of anilines is 1. The molecular formula is C15H12N4O2. The number of benzene rings is 1. The van der Waals surface area contributed by atoms with Gasteiger partial charge in [0.15, 0.2) is 0 Å². The second kappa shape index (κ2) is 4.49. The van der Waals surface area contributed by atoms with Crippen molar-refractivity contribution in [2.45, 2.75) is 6.54 Å². The molecule has 2 heterocycles. The van der Waals surface area contributed by atoms with E-state index in [2.05, 4.69) is 0 Å². The molecule has 2 aromatic rings. The highest BCUT2D eigenvalue weighted by molar-refractivity contribution is 6.23. The predicted octanol–water partition coefficient (Wildman–Crippen LogP) is 1.28. The van der Waals surface area contributed by atoms with Crippen molar-refractivity contribution in [3.05, 3.63) is 52.8 Å². The topological polar surface area (TPSA) is 92.1 Å². The van der Waals surface area contributed by atoms with Gasteiger partial charge in [-0.15, -0.1) is 0 Å². The largest absolute Gasteiger partial charge is 0.398 e. The van der Waals surface area contributed by atoms with Crippen LogP contribution in [0.2, 0.25) is 0 Å². The van der Waals surface area contributed by atoms with Gasteiger partial charge in [0.05, 0.1) is 17.7 Å². The standard InChI is InChI=1S/C15H12N4O2/c1-18-7-9(5-10(18)6-16)8-19-14(20)11-3-2-4-12(17)13(11)15(19)21/h2-5,7H,8,17H2,1H3. The normalized spacial score (nSPS) is 13.4. The highest BCUT2D eigenvalue weighted by Crippen LogP contribution is 2.28. The molecule has 104 valence electrons. The minimum Gasteiger partial charge on any atom is -0.398 e. The van der Waals surface area contributed by atoms with E-state index in [-0.39, 0.29) is 18.0 Å². The molecule has 0 saturated carbocycles. The minimum atomic E-state index is -0.393. The van der Waals surface area contributed by atoms with Crippen LogP contribution in [0.4, 0.5) is 5.69 Å². The first kappa shape index (κ1) is 12.9. The third kappa shape index (κ3) is 1.87. The fourth-order valence-electron chi connectivity index (χ4n) is 2.52. The molecule has 1 aromatic carbocycles. The van der Waals surface area contributed by atoms with E-state index in [9.17, 15) is 9.59 Å². The molecule has 0 fully saturated rings. The van der Waals surface area contributed by atoms with E-state index in [0.717, 1.165) is 10.5 Å². The number of aromatic nitrogens is 1. The smallest absolute Gasteiger partial charge is 0.263 e.